The van der Waals surface area contributed by atoms with Gasteiger partial charge < -0.3 is 0 Å². The van der Waals surface area contributed by atoms with Gasteiger partial charge in [-0.15, -0.1) is 0 Å². The van der Waals surface area contributed by atoms with Crippen molar-refractivity contribution in [1.82, 2.24) is 19.9 Å². The molecule has 0 saturated heterocycles. The van der Waals surface area contributed by atoms with Gasteiger partial charge in [0.2, 0.25) is 5.82 Å². The molecule has 0 aliphatic heterocycles. The molecule has 0 unspecified atom stereocenters. The maximum Gasteiger partial charge on any atom is 0.451 e. The number of nitrogens with zero attached hydrogens (tertiary/aromatic N) is 4. The highest BCUT2D eigenvalue weighted by atomic mass is 19.4. The molecule has 18 heavy (non-hydrogen) atoms. The summed E-state index contributed by atoms with van der Waals surface area (Å²) in [6.07, 6.45) is -1.43. The summed E-state index contributed by atoms with van der Waals surface area (Å²) in [5.74, 6) is -0.361. The number of hydrogen-bond donors (Lipinski definition) is 0. The number of hydrogen-bond acceptors (Lipinski definition) is 4. The Morgan fingerprint density at radius 1 is 1.11 bits per heavy atom. The first kappa shape index (κ1) is 12.7. The zero-order valence-corrected chi connectivity index (χ0v) is 9.86. The van der Waals surface area contributed by atoms with Crippen LogP contribution in [0.5, 0.6) is 0 Å². The van der Waals surface area contributed by atoms with E-state index in [1.165, 1.54) is 6.20 Å². The first-order chi connectivity index (χ1) is 8.36. The topological polar surface area (TPSA) is 51.6 Å². The summed E-state index contributed by atoms with van der Waals surface area (Å²) < 4.78 is 37.4. The highest BCUT2D eigenvalue weighted by Gasteiger charge is 2.34. The highest BCUT2D eigenvalue weighted by molar-refractivity contribution is 5.72. The van der Waals surface area contributed by atoms with E-state index in [4.69, 9.17) is 0 Å². The van der Waals surface area contributed by atoms with Gasteiger partial charge in [-0.3, -0.25) is 0 Å². The predicted octanol–water partition coefficient (Wildman–Crippen LogP) is 2.64. The van der Waals surface area contributed by atoms with E-state index < -0.39 is 12.0 Å². The minimum atomic E-state index is -4.56. The Bertz CT molecular complexity index is 566. The van der Waals surface area contributed by atoms with Crippen LogP contribution in [-0.2, 0) is 12.6 Å². The Labute approximate surface area is 101 Å². The van der Waals surface area contributed by atoms with E-state index >= 15 is 0 Å². The van der Waals surface area contributed by atoms with Gasteiger partial charge in [0.15, 0.2) is 5.65 Å². The second kappa shape index (κ2) is 4.47. The summed E-state index contributed by atoms with van der Waals surface area (Å²) in [5, 5.41) is 0.399. The van der Waals surface area contributed by atoms with Gasteiger partial charge >= 0.3 is 6.18 Å². The fourth-order valence-corrected chi connectivity index (χ4v) is 1.46. The lowest BCUT2D eigenvalue weighted by molar-refractivity contribution is -0.144. The average molecular weight is 256 g/mol. The molecule has 0 spiro atoms. The molecule has 2 heterocycles. The largest absolute Gasteiger partial charge is 0.451 e. The molecule has 0 fully saturated rings. The van der Waals surface area contributed by atoms with Crippen LogP contribution in [0.1, 0.15) is 25.5 Å². The molecule has 0 aromatic carbocycles. The van der Waals surface area contributed by atoms with E-state index in [9.17, 15) is 13.2 Å². The molecule has 0 amide bonds. The van der Waals surface area contributed by atoms with Gasteiger partial charge in [0.1, 0.15) is 5.82 Å². The van der Waals surface area contributed by atoms with E-state index in [0.29, 0.717) is 23.5 Å². The maximum atomic E-state index is 12.5. The standard InChI is InChI=1S/C11H11F3N4/c1-6(2)3-8-15-4-7-5-16-10(11(12,13)14)18-9(7)17-8/h4-6H,3H2,1-2H3. The molecule has 0 bridgehead atoms. The highest BCUT2D eigenvalue weighted by Crippen LogP contribution is 2.26. The molecule has 2 rings (SSSR count). The Balaban J connectivity index is 2.46. The molecule has 0 aliphatic rings. The quantitative estimate of drug-likeness (QED) is 0.828. The van der Waals surface area contributed by atoms with Crippen LogP contribution in [0.15, 0.2) is 12.4 Å². The summed E-state index contributed by atoms with van der Waals surface area (Å²) in [4.78, 5) is 14.8. The third kappa shape index (κ3) is 2.72. The van der Waals surface area contributed by atoms with Crippen molar-refractivity contribution in [2.45, 2.75) is 26.4 Å². The van der Waals surface area contributed by atoms with E-state index in [1.807, 2.05) is 13.8 Å². The zero-order valence-electron chi connectivity index (χ0n) is 9.86. The van der Waals surface area contributed by atoms with Crippen LogP contribution in [0.2, 0.25) is 0 Å². The third-order valence-corrected chi connectivity index (χ3v) is 2.23. The molecule has 0 N–H and O–H groups in total. The maximum absolute atomic E-state index is 12.5. The first-order valence-electron chi connectivity index (χ1n) is 5.42. The SMILES string of the molecule is CC(C)Cc1ncc2cnc(C(F)(F)F)nc2n1. The molecule has 0 atom stereocenters. The second-order valence-corrected chi connectivity index (χ2v) is 4.35. The summed E-state index contributed by atoms with van der Waals surface area (Å²) in [7, 11) is 0. The Hall–Kier alpha value is -1.79. The van der Waals surface area contributed by atoms with Gasteiger partial charge in [-0.05, 0) is 5.92 Å². The molecule has 4 nitrogen and oxygen atoms in total. The van der Waals surface area contributed by atoms with Gasteiger partial charge in [-0.25, -0.2) is 19.9 Å². The number of aromatic nitrogens is 4. The third-order valence-electron chi connectivity index (χ3n) is 2.23. The average Bonchev–Trinajstić information content (AvgIpc) is 2.26. The van der Waals surface area contributed by atoms with Crippen molar-refractivity contribution in [3.63, 3.8) is 0 Å². The van der Waals surface area contributed by atoms with Crippen molar-refractivity contribution in [3.05, 3.63) is 24.0 Å². The molecule has 0 radical (unpaired) electrons. The summed E-state index contributed by atoms with van der Waals surface area (Å²) in [5.41, 5.74) is 0.0305. The lowest BCUT2D eigenvalue weighted by Gasteiger charge is -2.06. The second-order valence-electron chi connectivity index (χ2n) is 4.35. The molecular formula is C11H11F3N4. The number of rotatable bonds is 2. The Morgan fingerprint density at radius 2 is 1.78 bits per heavy atom. The number of fused-ring (bicyclic) bond motifs is 1. The van der Waals surface area contributed by atoms with E-state index in [2.05, 4.69) is 19.9 Å². The minimum absolute atomic E-state index is 0.0305. The van der Waals surface area contributed by atoms with Crippen molar-refractivity contribution >= 4 is 11.0 Å². The molecule has 2 aromatic heterocycles. The van der Waals surface area contributed by atoms with Crippen molar-refractivity contribution < 1.29 is 13.2 Å². The van der Waals surface area contributed by atoms with Crippen LogP contribution in [0.4, 0.5) is 13.2 Å². The fourth-order valence-electron chi connectivity index (χ4n) is 1.46. The van der Waals surface area contributed by atoms with Crippen LogP contribution in [0.3, 0.4) is 0 Å². The summed E-state index contributed by atoms with van der Waals surface area (Å²) in [6, 6.07) is 0. The normalized spacial score (nSPS) is 12.3. The van der Waals surface area contributed by atoms with E-state index in [-0.39, 0.29) is 5.65 Å². The van der Waals surface area contributed by atoms with Crippen molar-refractivity contribution in [2.75, 3.05) is 0 Å². The van der Waals surface area contributed by atoms with Crippen LogP contribution >= 0.6 is 0 Å². The van der Waals surface area contributed by atoms with Gasteiger partial charge in [0.25, 0.3) is 0 Å². The smallest absolute Gasteiger partial charge is 0.241 e. The molecule has 2 aromatic rings. The summed E-state index contributed by atoms with van der Waals surface area (Å²) in [6.45, 7) is 3.96. The van der Waals surface area contributed by atoms with E-state index in [1.54, 1.807) is 0 Å². The van der Waals surface area contributed by atoms with E-state index in [0.717, 1.165) is 6.20 Å². The lowest BCUT2D eigenvalue weighted by atomic mass is 10.1. The summed E-state index contributed by atoms with van der Waals surface area (Å²) >= 11 is 0. The molecule has 0 aliphatic carbocycles. The van der Waals surface area contributed by atoms with Gasteiger partial charge in [0, 0.05) is 18.8 Å². The van der Waals surface area contributed by atoms with Crippen molar-refractivity contribution in [2.24, 2.45) is 5.92 Å². The molecule has 96 valence electrons. The van der Waals surface area contributed by atoms with Crippen LogP contribution in [0, 0.1) is 5.92 Å². The van der Waals surface area contributed by atoms with Gasteiger partial charge in [0.05, 0.1) is 5.39 Å². The van der Waals surface area contributed by atoms with Gasteiger partial charge in [-0.1, -0.05) is 13.8 Å². The van der Waals surface area contributed by atoms with Crippen LogP contribution in [-0.4, -0.2) is 19.9 Å². The predicted molar refractivity (Wildman–Crippen MR) is 58.7 cm³/mol. The zero-order chi connectivity index (χ0) is 13.3. The molecular weight excluding hydrogens is 245 g/mol. The molecule has 7 heteroatoms. The Kier molecular flexibility index (Phi) is 3.14. The fraction of sp³-hybridized carbons (Fsp3) is 0.455. The number of alkyl halides is 3. The minimum Gasteiger partial charge on any atom is -0.241 e. The van der Waals surface area contributed by atoms with Crippen molar-refractivity contribution in [1.29, 1.82) is 0 Å². The monoisotopic (exact) mass is 256 g/mol. The van der Waals surface area contributed by atoms with Gasteiger partial charge in [-0.2, -0.15) is 13.2 Å². The van der Waals surface area contributed by atoms with Crippen molar-refractivity contribution in [3.8, 4) is 0 Å². The van der Waals surface area contributed by atoms with Crippen LogP contribution < -0.4 is 0 Å². The number of halogens is 3. The Morgan fingerprint density at radius 3 is 2.39 bits per heavy atom. The lowest BCUT2D eigenvalue weighted by Crippen LogP contribution is -2.11. The molecule has 0 saturated carbocycles. The first-order valence-corrected chi connectivity index (χ1v) is 5.42. The van der Waals surface area contributed by atoms with Crippen LogP contribution in [0.25, 0.3) is 11.0 Å².